The van der Waals surface area contributed by atoms with Crippen LogP contribution in [0.2, 0.25) is 0 Å². The minimum atomic E-state index is -0.193. The first-order valence-electron chi connectivity index (χ1n) is 10.9. The Bertz CT molecular complexity index is 1200. The standard InChI is InChI=1S/C23H26FN5O2/c1-2-22(30)28-11-9-16-19(14-28)25-21-12-18(26-29(21)23(16)31)20-8-5-10-27(20)13-15-6-3-4-7-17(15)24/h3-4,6-7,12,20,26H,2,5,8-11,13-14H2,1H3. The van der Waals surface area contributed by atoms with Gasteiger partial charge in [-0.15, -0.1) is 0 Å². The van der Waals surface area contributed by atoms with Gasteiger partial charge in [-0.25, -0.2) is 13.9 Å². The quantitative estimate of drug-likeness (QED) is 0.700. The molecular formula is C23H26FN5O2. The topological polar surface area (TPSA) is 73.7 Å². The summed E-state index contributed by atoms with van der Waals surface area (Å²) in [5, 5.41) is 3.26. The van der Waals surface area contributed by atoms with Gasteiger partial charge in [0.25, 0.3) is 5.56 Å². The van der Waals surface area contributed by atoms with Crippen LogP contribution in [0.15, 0.2) is 35.1 Å². The molecule has 0 saturated carbocycles. The lowest BCUT2D eigenvalue weighted by Crippen LogP contribution is -2.39. The van der Waals surface area contributed by atoms with Crippen LogP contribution in [0, 0.1) is 5.82 Å². The Morgan fingerprint density at radius 2 is 2.13 bits per heavy atom. The molecule has 1 atom stereocenters. The van der Waals surface area contributed by atoms with E-state index in [-0.39, 0.29) is 23.3 Å². The Hall–Kier alpha value is -3.00. The van der Waals surface area contributed by atoms with Crippen LogP contribution in [0.1, 0.15) is 54.7 Å². The molecule has 0 radical (unpaired) electrons. The normalized spacial score (nSPS) is 19.2. The fourth-order valence-corrected chi connectivity index (χ4v) is 4.83. The number of nitrogens with one attached hydrogen (secondary N) is 1. The molecule has 2 aliphatic heterocycles. The predicted octanol–water partition coefficient (Wildman–Crippen LogP) is 2.79. The van der Waals surface area contributed by atoms with E-state index in [1.807, 2.05) is 25.1 Å². The molecule has 1 N–H and O–H groups in total. The summed E-state index contributed by atoms with van der Waals surface area (Å²) in [6, 6.07) is 8.87. The molecule has 2 aliphatic rings. The zero-order valence-electron chi connectivity index (χ0n) is 17.6. The van der Waals surface area contributed by atoms with Crippen LogP contribution in [-0.4, -0.2) is 43.4 Å². The van der Waals surface area contributed by atoms with Crippen molar-refractivity contribution in [2.75, 3.05) is 13.1 Å². The minimum absolute atomic E-state index is 0.0795. The third-order valence-corrected chi connectivity index (χ3v) is 6.50. The number of H-pyrrole nitrogens is 1. The van der Waals surface area contributed by atoms with Gasteiger partial charge in [0.15, 0.2) is 5.65 Å². The summed E-state index contributed by atoms with van der Waals surface area (Å²) in [7, 11) is 0. The fourth-order valence-electron chi connectivity index (χ4n) is 4.83. The van der Waals surface area contributed by atoms with Crippen molar-refractivity contribution in [2.45, 2.75) is 51.7 Å². The molecule has 3 aromatic rings. The Morgan fingerprint density at radius 3 is 2.94 bits per heavy atom. The van der Waals surface area contributed by atoms with Crippen molar-refractivity contribution in [2.24, 2.45) is 0 Å². The highest BCUT2D eigenvalue weighted by molar-refractivity contribution is 5.76. The van der Waals surface area contributed by atoms with Crippen LogP contribution in [0.25, 0.3) is 5.65 Å². The van der Waals surface area contributed by atoms with E-state index in [2.05, 4.69) is 10.00 Å². The molecule has 162 valence electrons. The Morgan fingerprint density at radius 1 is 1.29 bits per heavy atom. The second-order valence-corrected chi connectivity index (χ2v) is 8.39. The van der Waals surface area contributed by atoms with E-state index in [9.17, 15) is 14.0 Å². The smallest absolute Gasteiger partial charge is 0.276 e. The molecular weight excluding hydrogens is 397 g/mol. The molecule has 1 aromatic carbocycles. The first-order chi connectivity index (χ1) is 15.0. The van der Waals surface area contributed by atoms with Crippen molar-refractivity contribution in [3.8, 4) is 0 Å². The summed E-state index contributed by atoms with van der Waals surface area (Å²) in [6.45, 7) is 4.18. The van der Waals surface area contributed by atoms with Gasteiger partial charge in [0, 0.05) is 36.7 Å². The van der Waals surface area contributed by atoms with Crippen LogP contribution in [0.5, 0.6) is 0 Å². The average Bonchev–Trinajstić information content (AvgIpc) is 3.41. The van der Waals surface area contributed by atoms with Crippen molar-refractivity contribution < 1.29 is 9.18 Å². The Labute approximate surface area is 179 Å². The first-order valence-corrected chi connectivity index (χ1v) is 10.9. The predicted molar refractivity (Wildman–Crippen MR) is 114 cm³/mol. The van der Waals surface area contributed by atoms with Gasteiger partial charge in [0.1, 0.15) is 5.82 Å². The zero-order valence-corrected chi connectivity index (χ0v) is 17.6. The number of amides is 1. The number of fused-ring (bicyclic) bond motifs is 2. The summed E-state index contributed by atoms with van der Waals surface area (Å²) in [6.07, 6.45) is 2.92. The van der Waals surface area contributed by atoms with Gasteiger partial charge < -0.3 is 4.90 Å². The Balaban J connectivity index is 1.46. The van der Waals surface area contributed by atoms with Gasteiger partial charge in [-0.05, 0) is 31.9 Å². The molecule has 4 heterocycles. The Kier molecular flexibility index (Phi) is 5.09. The summed E-state index contributed by atoms with van der Waals surface area (Å²) < 4.78 is 15.7. The molecule has 1 saturated heterocycles. The molecule has 1 unspecified atom stereocenters. The molecule has 8 heteroatoms. The van der Waals surface area contributed by atoms with E-state index in [4.69, 9.17) is 4.98 Å². The number of rotatable bonds is 4. The van der Waals surface area contributed by atoms with Crippen LogP contribution in [0.4, 0.5) is 4.39 Å². The number of hydrogen-bond acceptors (Lipinski definition) is 4. The lowest BCUT2D eigenvalue weighted by atomic mass is 10.1. The maximum Gasteiger partial charge on any atom is 0.276 e. The van der Waals surface area contributed by atoms with Crippen molar-refractivity contribution in [3.63, 3.8) is 0 Å². The highest BCUT2D eigenvalue weighted by Gasteiger charge is 2.30. The zero-order chi connectivity index (χ0) is 21.5. The van der Waals surface area contributed by atoms with E-state index in [0.29, 0.717) is 54.9 Å². The number of aromatic amines is 1. The largest absolute Gasteiger partial charge is 0.336 e. The summed E-state index contributed by atoms with van der Waals surface area (Å²) in [5.74, 6) is -0.112. The maximum absolute atomic E-state index is 14.2. The third kappa shape index (κ3) is 3.54. The number of hydrogen-bond donors (Lipinski definition) is 1. The average molecular weight is 423 g/mol. The van der Waals surface area contributed by atoms with E-state index in [1.54, 1.807) is 11.0 Å². The number of likely N-dealkylation sites (tertiary alicyclic amines) is 1. The van der Waals surface area contributed by atoms with Crippen molar-refractivity contribution in [1.29, 1.82) is 0 Å². The lowest BCUT2D eigenvalue weighted by molar-refractivity contribution is -0.131. The van der Waals surface area contributed by atoms with E-state index in [1.165, 1.54) is 10.6 Å². The van der Waals surface area contributed by atoms with E-state index < -0.39 is 0 Å². The number of nitrogens with zero attached hydrogens (tertiary/aromatic N) is 4. The SMILES string of the molecule is CCC(=O)N1CCc2c(nc3cc(C4CCCN4Cc4ccccc4F)[nH]n3c2=O)C1. The van der Waals surface area contributed by atoms with Crippen LogP contribution in [0.3, 0.4) is 0 Å². The van der Waals surface area contributed by atoms with Gasteiger partial charge in [-0.1, -0.05) is 25.1 Å². The van der Waals surface area contributed by atoms with Gasteiger partial charge >= 0.3 is 0 Å². The highest BCUT2D eigenvalue weighted by Crippen LogP contribution is 2.33. The number of carbonyl (C=O) groups is 1. The maximum atomic E-state index is 14.2. The monoisotopic (exact) mass is 423 g/mol. The minimum Gasteiger partial charge on any atom is -0.336 e. The molecule has 31 heavy (non-hydrogen) atoms. The van der Waals surface area contributed by atoms with Crippen LogP contribution < -0.4 is 5.56 Å². The molecule has 7 nitrogen and oxygen atoms in total. The molecule has 5 rings (SSSR count). The fraction of sp³-hybridized carbons (Fsp3) is 0.435. The molecule has 2 aromatic heterocycles. The second-order valence-electron chi connectivity index (χ2n) is 8.39. The molecule has 1 fully saturated rings. The number of halogens is 1. The van der Waals surface area contributed by atoms with Gasteiger partial charge in [-0.2, -0.15) is 0 Å². The lowest BCUT2D eigenvalue weighted by Gasteiger charge is -2.27. The molecule has 1 amide bonds. The summed E-state index contributed by atoms with van der Waals surface area (Å²) in [5.41, 5.74) is 3.45. The number of benzene rings is 1. The van der Waals surface area contributed by atoms with Crippen LogP contribution >= 0.6 is 0 Å². The van der Waals surface area contributed by atoms with Gasteiger partial charge in [0.2, 0.25) is 5.91 Å². The van der Waals surface area contributed by atoms with Crippen LogP contribution in [-0.2, 0) is 24.3 Å². The van der Waals surface area contributed by atoms with E-state index in [0.717, 1.165) is 25.1 Å². The molecule has 0 aliphatic carbocycles. The third-order valence-electron chi connectivity index (χ3n) is 6.50. The van der Waals surface area contributed by atoms with Crippen molar-refractivity contribution in [3.05, 3.63) is 69.0 Å². The van der Waals surface area contributed by atoms with Gasteiger partial charge in [0.05, 0.1) is 24.0 Å². The number of aromatic nitrogens is 3. The molecule has 0 bridgehead atoms. The molecule has 0 spiro atoms. The number of carbonyl (C=O) groups excluding carboxylic acids is 1. The van der Waals surface area contributed by atoms with E-state index >= 15 is 0 Å². The van der Waals surface area contributed by atoms with Crippen molar-refractivity contribution in [1.82, 2.24) is 24.4 Å². The summed E-state index contributed by atoms with van der Waals surface area (Å²) >= 11 is 0. The van der Waals surface area contributed by atoms with Crippen molar-refractivity contribution >= 4 is 11.6 Å². The second kappa shape index (κ2) is 7.92. The highest BCUT2D eigenvalue weighted by atomic mass is 19.1. The van der Waals surface area contributed by atoms with Gasteiger partial charge in [-0.3, -0.25) is 19.6 Å². The first kappa shape index (κ1) is 19.9. The summed E-state index contributed by atoms with van der Waals surface area (Å²) in [4.78, 5) is 33.9.